The molecular weight excluding hydrogens is 779 g/mol. The van der Waals surface area contributed by atoms with Gasteiger partial charge in [0, 0.05) is 29.2 Å². The van der Waals surface area contributed by atoms with Crippen LogP contribution in [0.5, 0.6) is 6.01 Å². The molecule has 1 saturated carbocycles. The molecule has 0 radical (unpaired) electrons. The molecule has 0 aliphatic heterocycles. The zero-order chi connectivity index (χ0) is 41.3. The molecule has 1 atom stereocenters. The second kappa shape index (κ2) is 18.1. The number of hydrogen-bond acceptors (Lipinski definition) is 11. The minimum absolute atomic E-state index is 0.0267. The van der Waals surface area contributed by atoms with Gasteiger partial charge in [0.2, 0.25) is 17.7 Å². The number of nitrogens with one attached hydrogen (secondary N) is 4. The van der Waals surface area contributed by atoms with Gasteiger partial charge in [-0.3, -0.25) is 14.4 Å². The Morgan fingerprint density at radius 1 is 0.845 bits per heavy atom. The first-order valence-electron chi connectivity index (χ1n) is 18.0. The molecule has 5 aromatic rings. The molecule has 1 fully saturated rings. The molecule has 17 heteroatoms. The summed E-state index contributed by atoms with van der Waals surface area (Å²) in [5.74, 6) is -3.08. The Kier molecular flexibility index (Phi) is 12.9. The molecule has 1 aliphatic carbocycles. The van der Waals surface area contributed by atoms with E-state index in [4.69, 9.17) is 21.1 Å². The van der Waals surface area contributed by atoms with E-state index in [0.29, 0.717) is 29.1 Å². The summed E-state index contributed by atoms with van der Waals surface area (Å²) in [6, 6.07) is 28.2. The lowest BCUT2D eigenvalue weighted by Gasteiger charge is -2.19. The highest BCUT2D eigenvalue weighted by Crippen LogP contribution is 2.48. The van der Waals surface area contributed by atoms with Crippen LogP contribution in [0.4, 0.5) is 30.8 Å². The molecule has 0 unspecified atom stereocenters. The predicted octanol–water partition coefficient (Wildman–Crippen LogP) is 6.57. The molecule has 1 aliphatic rings. The van der Waals surface area contributed by atoms with E-state index < -0.39 is 53.9 Å². The third-order valence-electron chi connectivity index (χ3n) is 9.04. The lowest BCUT2D eigenvalue weighted by atomic mass is 10.0. The number of anilines is 3. The fraction of sp³-hybridized carbons (Fsp3) is 0.244. The van der Waals surface area contributed by atoms with Gasteiger partial charge in [-0.05, 0) is 77.9 Å². The Morgan fingerprint density at radius 3 is 2.21 bits per heavy atom. The Labute approximate surface area is 335 Å². The van der Waals surface area contributed by atoms with Crippen LogP contribution >= 0.6 is 11.6 Å². The molecule has 0 bridgehead atoms. The molecule has 0 saturated heterocycles. The summed E-state index contributed by atoms with van der Waals surface area (Å²) < 4.78 is 48.6. The van der Waals surface area contributed by atoms with Crippen molar-refractivity contribution in [1.29, 1.82) is 0 Å². The van der Waals surface area contributed by atoms with Crippen LogP contribution in [0.15, 0.2) is 103 Å². The van der Waals surface area contributed by atoms with E-state index in [0.717, 1.165) is 23.8 Å². The Balaban J connectivity index is 1.05. The van der Waals surface area contributed by atoms with Crippen LogP contribution in [0.3, 0.4) is 0 Å². The van der Waals surface area contributed by atoms with E-state index in [1.807, 2.05) is 60.7 Å². The molecule has 13 nitrogen and oxygen atoms in total. The highest BCUT2D eigenvalue weighted by Gasteiger charge is 2.45. The monoisotopic (exact) mass is 815 g/mol. The van der Waals surface area contributed by atoms with Crippen LogP contribution in [0.2, 0.25) is 5.02 Å². The van der Waals surface area contributed by atoms with Crippen molar-refractivity contribution >= 4 is 52.8 Å². The highest BCUT2D eigenvalue weighted by atomic mass is 35.5. The van der Waals surface area contributed by atoms with Gasteiger partial charge in [-0.1, -0.05) is 78.3 Å². The molecule has 2 amide bonds. The fourth-order valence-electron chi connectivity index (χ4n) is 5.93. The minimum atomic E-state index is -4.64. The maximum absolute atomic E-state index is 13.2. The molecule has 1 aromatic heterocycles. The van der Waals surface area contributed by atoms with Gasteiger partial charge in [-0.15, -0.1) is 0 Å². The van der Waals surface area contributed by atoms with Crippen molar-refractivity contribution in [1.82, 2.24) is 25.6 Å². The normalized spacial score (nSPS) is 13.4. The van der Waals surface area contributed by atoms with Gasteiger partial charge in [0.25, 0.3) is 11.8 Å². The van der Waals surface area contributed by atoms with E-state index in [-0.39, 0.29) is 36.8 Å². The van der Waals surface area contributed by atoms with Crippen LogP contribution in [0.1, 0.15) is 40.7 Å². The van der Waals surface area contributed by atoms with Gasteiger partial charge in [-0.25, -0.2) is 4.79 Å². The van der Waals surface area contributed by atoms with Gasteiger partial charge < -0.3 is 30.7 Å². The Morgan fingerprint density at radius 2 is 1.53 bits per heavy atom. The van der Waals surface area contributed by atoms with Crippen molar-refractivity contribution in [2.24, 2.45) is 0 Å². The summed E-state index contributed by atoms with van der Waals surface area (Å²) in [6.45, 7) is -1.74. The fourth-order valence-corrected chi connectivity index (χ4v) is 6.05. The maximum Gasteiger partial charge on any atom is 0.422 e. The number of ether oxygens (including phenoxy) is 2. The van der Waals surface area contributed by atoms with Crippen molar-refractivity contribution < 1.29 is 41.8 Å². The van der Waals surface area contributed by atoms with Crippen LogP contribution in [0, 0.1) is 0 Å². The topological polar surface area (TPSA) is 174 Å². The van der Waals surface area contributed by atoms with Crippen molar-refractivity contribution in [3.05, 3.63) is 125 Å². The molecule has 58 heavy (non-hydrogen) atoms. The van der Waals surface area contributed by atoms with Gasteiger partial charge in [0.05, 0.1) is 12.6 Å². The molecule has 300 valence electrons. The minimum Gasteiger partial charge on any atom is -0.467 e. The number of alkyl halides is 3. The number of benzene rings is 4. The average Bonchev–Trinajstić information content (AvgIpc) is 4.00. The number of carbonyl (C=O) groups excluding carboxylic acids is 4. The lowest BCUT2D eigenvalue weighted by molar-refractivity contribution is -0.154. The smallest absolute Gasteiger partial charge is 0.422 e. The maximum atomic E-state index is 13.2. The summed E-state index contributed by atoms with van der Waals surface area (Å²) in [5, 5.41) is 11.7. The first kappa shape index (κ1) is 41.1. The first-order valence-corrected chi connectivity index (χ1v) is 18.4. The van der Waals surface area contributed by atoms with Crippen molar-refractivity contribution in [3.63, 3.8) is 0 Å². The number of esters is 1. The number of amides is 2. The van der Waals surface area contributed by atoms with Crippen LogP contribution in [0.25, 0.3) is 11.1 Å². The van der Waals surface area contributed by atoms with Gasteiger partial charge in [0.1, 0.15) is 6.04 Å². The quantitative estimate of drug-likeness (QED) is 0.0591. The number of Topliss-reactive ketones (excluding diaryl/α,β-unsaturated/α-hetero) is 1. The van der Waals surface area contributed by atoms with Gasteiger partial charge in [0.15, 0.2) is 6.61 Å². The highest BCUT2D eigenvalue weighted by molar-refractivity contribution is 6.36. The number of rotatable bonds is 17. The summed E-state index contributed by atoms with van der Waals surface area (Å²) in [6.07, 6.45) is -3.42. The second-order valence-electron chi connectivity index (χ2n) is 13.3. The third-order valence-corrected chi connectivity index (χ3v) is 9.29. The van der Waals surface area contributed by atoms with E-state index in [9.17, 15) is 32.3 Å². The number of nitrogens with zero attached hydrogens (tertiary/aromatic N) is 3. The SMILES string of the molecule is COC(=O)[C@H](CCNC(=O)C(=O)Cc1cccc(-c2ccccc2)c1)NC(=O)c1ccc(Nc2nc(NC3(c4ccc(Cl)cc4)CC3)nc(OCC(F)(F)F)n2)cc1. The zero-order valence-electron chi connectivity index (χ0n) is 30.9. The van der Waals surface area contributed by atoms with Crippen LogP contribution < -0.4 is 26.0 Å². The van der Waals surface area contributed by atoms with E-state index in [1.54, 1.807) is 18.2 Å². The molecular formula is C41H37ClF3N7O6. The Bertz CT molecular complexity index is 2260. The van der Waals surface area contributed by atoms with Gasteiger partial charge in [-0.2, -0.15) is 28.1 Å². The van der Waals surface area contributed by atoms with E-state index in [2.05, 4.69) is 36.2 Å². The standard InChI is InChI=1S/C41H37ClF3N7O6/c1-57-36(56)32(18-21-46-35(55)33(53)23-25-6-5-9-28(22-25)26-7-3-2-4-8-26)48-34(54)27-10-16-31(17-11-27)47-37-49-38(51-39(50-37)58-24-41(43,44)45)52-40(19-20-40)29-12-14-30(42)15-13-29/h2-17,22,32H,18-21,23-24H2,1H3,(H,46,55)(H,48,54)(H2,47,49,50,51,52)/t32-/m0/s1. The summed E-state index contributed by atoms with van der Waals surface area (Å²) >= 11 is 6.04. The van der Waals surface area contributed by atoms with Gasteiger partial charge >= 0.3 is 18.2 Å². The van der Waals surface area contributed by atoms with Crippen LogP contribution in [-0.2, 0) is 31.1 Å². The molecule has 4 N–H and O–H groups in total. The number of hydrogen-bond donors (Lipinski definition) is 4. The number of carbonyl (C=O) groups is 4. The number of aromatic nitrogens is 3. The van der Waals surface area contributed by atoms with Crippen molar-refractivity contribution in [3.8, 4) is 17.1 Å². The zero-order valence-corrected chi connectivity index (χ0v) is 31.7. The van der Waals surface area contributed by atoms with E-state index >= 15 is 0 Å². The number of methoxy groups -OCH3 is 1. The largest absolute Gasteiger partial charge is 0.467 e. The number of ketones is 1. The summed E-state index contributed by atoms with van der Waals surface area (Å²) in [7, 11) is 1.15. The average molecular weight is 816 g/mol. The second-order valence-corrected chi connectivity index (χ2v) is 13.8. The molecule has 6 rings (SSSR count). The van der Waals surface area contributed by atoms with E-state index in [1.165, 1.54) is 24.3 Å². The summed E-state index contributed by atoms with van der Waals surface area (Å²) in [4.78, 5) is 63.4. The number of halogens is 4. The molecule has 0 spiro atoms. The third kappa shape index (κ3) is 11.3. The van der Waals surface area contributed by atoms with Crippen molar-refractivity contribution in [2.45, 2.75) is 43.4 Å². The molecule has 4 aromatic carbocycles. The van der Waals surface area contributed by atoms with Crippen LogP contribution in [-0.4, -0.2) is 71.0 Å². The lowest BCUT2D eigenvalue weighted by Crippen LogP contribution is -2.44. The first-order chi connectivity index (χ1) is 27.8. The summed E-state index contributed by atoms with van der Waals surface area (Å²) in [5.41, 5.74) is 3.38. The Hall–Kier alpha value is -6.55. The molecule has 1 heterocycles. The van der Waals surface area contributed by atoms with Crippen molar-refractivity contribution in [2.75, 3.05) is 30.9 Å². The predicted molar refractivity (Wildman–Crippen MR) is 209 cm³/mol.